The lowest BCUT2D eigenvalue weighted by Gasteiger charge is -2.31. The summed E-state index contributed by atoms with van der Waals surface area (Å²) in [5.74, 6) is -1.89. The van der Waals surface area contributed by atoms with Crippen molar-refractivity contribution < 1.29 is 18.0 Å². The van der Waals surface area contributed by atoms with Crippen molar-refractivity contribution in [3.8, 4) is 0 Å². The van der Waals surface area contributed by atoms with E-state index in [0.29, 0.717) is 37.5 Å². The van der Waals surface area contributed by atoms with Crippen LogP contribution in [0.1, 0.15) is 24.3 Å². The Balaban J connectivity index is 1.14. The molecule has 6 rings (SSSR count). The predicted molar refractivity (Wildman–Crippen MR) is 117 cm³/mol. The van der Waals surface area contributed by atoms with Gasteiger partial charge in [0.15, 0.2) is 5.76 Å². The molecule has 3 atom stereocenters. The molecule has 33 heavy (non-hydrogen) atoms. The van der Waals surface area contributed by atoms with Crippen molar-refractivity contribution in [1.29, 1.82) is 0 Å². The van der Waals surface area contributed by atoms with Crippen molar-refractivity contribution in [1.82, 2.24) is 25.0 Å². The molecule has 0 spiro atoms. The lowest BCUT2D eigenvalue weighted by Crippen LogP contribution is -2.41. The van der Waals surface area contributed by atoms with Crippen molar-refractivity contribution in [2.75, 3.05) is 31.9 Å². The molecule has 5 aliphatic rings. The first-order valence-electron chi connectivity index (χ1n) is 11.4. The number of nitrogens with zero attached hydrogens (tertiary/aromatic N) is 4. The summed E-state index contributed by atoms with van der Waals surface area (Å²) in [4.78, 5) is 23.2. The molecule has 2 fully saturated rings. The Morgan fingerprint density at radius 3 is 2.97 bits per heavy atom. The van der Waals surface area contributed by atoms with Gasteiger partial charge in [-0.2, -0.15) is 4.98 Å². The molecule has 5 heterocycles. The summed E-state index contributed by atoms with van der Waals surface area (Å²) in [6.45, 7) is 1.25. The molecule has 0 saturated carbocycles. The van der Waals surface area contributed by atoms with Crippen molar-refractivity contribution in [3.63, 3.8) is 0 Å². The number of carbonyl (C=O) groups is 1. The number of anilines is 1. The quantitative estimate of drug-likeness (QED) is 0.718. The number of allylic oxidation sites excluding steroid dienone is 3. The molecule has 174 valence electrons. The van der Waals surface area contributed by atoms with Crippen molar-refractivity contribution in [3.05, 3.63) is 53.4 Å². The van der Waals surface area contributed by atoms with Crippen molar-refractivity contribution in [2.24, 2.45) is 5.92 Å². The fraction of sp³-hybridized carbons (Fsp3) is 0.478. The number of fused-ring (bicyclic) bond motifs is 2. The number of hydrogen-bond donors (Lipinski definition) is 2. The number of oxazole rings is 1. The van der Waals surface area contributed by atoms with E-state index in [4.69, 9.17) is 10.2 Å². The van der Waals surface area contributed by atoms with Crippen LogP contribution in [-0.2, 0) is 11.2 Å². The topological polar surface area (TPSA) is 90.9 Å². The Morgan fingerprint density at radius 2 is 2.15 bits per heavy atom. The summed E-state index contributed by atoms with van der Waals surface area (Å²) in [5.41, 5.74) is 8.15. The SMILES string of the molecule is Nc1nc2c(o1)C=CC(C1=CN3C(C(=O)N4CCC(N5CCC(F)(F)C5)C4)=CNC3C=C1)C2. The van der Waals surface area contributed by atoms with Gasteiger partial charge in [0.1, 0.15) is 11.9 Å². The second kappa shape index (κ2) is 7.44. The zero-order valence-electron chi connectivity index (χ0n) is 18.1. The van der Waals surface area contributed by atoms with Gasteiger partial charge in [0.2, 0.25) is 0 Å². The van der Waals surface area contributed by atoms with E-state index in [1.807, 2.05) is 28.2 Å². The molecule has 1 aliphatic carbocycles. The van der Waals surface area contributed by atoms with Crippen LogP contribution >= 0.6 is 0 Å². The van der Waals surface area contributed by atoms with Gasteiger partial charge in [-0.1, -0.05) is 12.2 Å². The number of halogens is 2. The zero-order valence-corrected chi connectivity index (χ0v) is 18.1. The van der Waals surface area contributed by atoms with Crippen molar-refractivity contribution >= 4 is 18.0 Å². The second-order valence-electron chi connectivity index (χ2n) is 9.34. The van der Waals surface area contributed by atoms with E-state index in [9.17, 15) is 13.6 Å². The molecule has 4 aliphatic heterocycles. The van der Waals surface area contributed by atoms with Crippen LogP contribution in [0.2, 0.25) is 0 Å². The largest absolute Gasteiger partial charge is 0.424 e. The Morgan fingerprint density at radius 1 is 1.27 bits per heavy atom. The molecular weight excluding hydrogens is 430 g/mol. The normalized spacial score (nSPS) is 30.2. The van der Waals surface area contributed by atoms with Gasteiger partial charge in [-0.25, -0.2) is 8.78 Å². The Hall–Kier alpha value is -3.14. The number of alkyl halides is 2. The first kappa shape index (κ1) is 20.5. The molecule has 1 aromatic rings. The summed E-state index contributed by atoms with van der Waals surface area (Å²) in [7, 11) is 0. The van der Waals surface area contributed by atoms with E-state index in [2.05, 4.69) is 22.5 Å². The fourth-order valence-corrected chi connectivity index (χ4v) is 5.39. The van der Waals surface area contributed by atoms with Gasteiger partial charge in [-0.15, -0.1) is 0 Å². The fourth-order valence-electron chi connectivity index (χ4n) is 5.39. The maximum Gasteiger partial charge on any atom is 0.292 e. The number of aromatic nitrogens is 1. The molecular formula is C23H26F2N6O2. The van der Waals surface area contributed by atoms with Crippen LogP contribution in [0.15, 0.2) is 46.3 Å². The standard InChI is InChI=1S/C23H26F2N6O2/c24-23(25)6-8-30(13-23)16-5-7-29(12-16)21(32)18-10-27-20-4-2-15(11-31(18)20)14-1-3-19-17(9-14)28-22(26)33-19/h1-4,10-11,14,16,20,27H,5-9,12-13H2,(H2,26,28). The van der Waals surface area contributed by atoms with Gasteiger partial charge >= 0.3 is 0 Å². The number of carbonyl (C=O) groups excluding carboxylic acids is 1. The van der Waals surface area contributed by atoms with Gasteiger partial charge in [0.05, 0.1) is 12.2 Å². The van der Waals surface area contributed by atoms with E-state index in [1.165, 1.54) is 0 Å². The van der Waals surface area contributed by atoms with Crippen LogP contribution in [0.4, 0.5) is 14.8 Å². The average molecular weight is 456 g/mol. The predicted octanol–water partition coefficient (Wildman–Crippen LogP) is 1.91. The molecule has 0 aromatic carbocycles. The highest BCUT2D eigenvalue weighted by Gasteiger charge is 2.44. The molecule has 1 aromatic heterocycles. The lowest BCUT2D eigenvalue weighted by atomic mass is 9.88. The molecule has 3 N–H and O–H groups in total. The third-order valence-corrected chi connectivity index (χ3v) is 7.18. The number of nitrogens with two attached hydrogens (primary N) is 1. The number of likely N-dealkylation sites (tertiary alicyclic amines) is 2. The monoisotopic (exact) mass is 456 g/mol. The van der Waals surface area contributed by atoms with Gasteiger partial charge in [0.25, 0.3) is 17.8 Å². The minimum Gasteiger partial charge on any atom is -0.424 e. The highest BCUT2D eigenvalue weighted by molar-refractivity contribution is 5.94. The van der Waals surface area contributed by atoms with Gasteiger partial charge in [0, 0.05) is 56.8 Å². The molecule has 3 unspecified atom stereocenters. The number of amides is 1. The van der Waals surface area contributed by atoms with Crippen LogP contribution in [-0.4, -0.2) is 69.9 Å². The molecule has 1 amide bonds. The van der Waals surface area contributed by atoms with E-state index in [1.54, 1.807) is 11.1 Å². The number of hydrogen-bond acceptors (Lipinski definition) is 7. The minimum atomic E-state index is -2.62. The third kappa shape index (κ3) is 3.62. The molecule has 0 radical (unpaired) electrons. The Labute approximate surface area is 190 Å². The number of rotatable bonds is 3. The summed E-state index contributed by atoms with van der Waals surface area (Å²) >= 11 is 0. The summed E-state index contributed by atoms with van der Waals surface area (Å²) < 4.78 is 32.6. The Bertz CT molecular complexity index is 1110. The van der Waals surface area contributed by atoms with Crippen molar-refractivity contribution in [2.45, 2.75) is 37.4 Å². The minimum absolute atomic E-state index is 0.00286. The molecule has 2 saturated heterocycles. The number of nitrogens with one attached hydrogen (secondary N) is 1. The van der Waals surface area contributed by atoms with Crippen LogP contribution in [0, 0.1) is 5.92 Å². The molecule has 8 nitrogen and oxygen atoms in total. The first-order chi connectivity index (χ1) is 15.9. The highest BCUT2D eigenvalue weighted by atomic mass is 19.3. The maximum atomic E-state index is 13.6. The van der Waals surface area contributed by atoms with Crippen LogP contribution in [0.3, 0.4) is 0 Å². The van der Waals surface area contributed by atoms with E-state index >= 15 is 0 Å². The van der Waals surface area contributed by atoms with Gasteiger partial charge in [-0.05, 0) is 24.1 Å². The lowest BCUT2D eigenvalue weighted by molar-refractivity contribution is -0.127. The second-order valence-corrected chi connectivity index (χ2v) is 9.34. The maximum absolute atomic E-state index is 13.6. The highest BCUT2D eigenvalue weighted by Crippen LogP contribution is 2.34. The summed E-state index contributed by atoms with van der Waals surface area (Å²) in [6.07, 6.45) is 13.0. The molecule has 0 bridgehead atoms. The smallest absolute Gasteiger partial charge is 0.292 e. The van der Waals surface area contributed by atoms with E-state index < -0.39 is 5.92 Å². The summed E-state index contributed by atoms with van der Waals surface area (Å²) in [5, 5.41) is 3.25. The zero-order chi connectivity index (χ0) is 22.7. The van der Waals surface area contributed by atoms with Crippen LogP contribution in [0.5, 0.6) is 0 Å². The van der Waals surface area contributed by atoms with Crippen LogP contribution in [0.25, 0.3) is 6.08 Å². The third-order valence-electron chi connectivity index (χ3n) is 7.18. The number of nitrogen functional groups attached to an aromatic ring is 1. The molecule has 10 heteroatoms. The average Bonchev–Trinajstić information content (AvgIpc) is 3.56. The first-order valence-corrected chi connectivity index (χ1v) is 11.4. The van der Waals surface area contributed by atoms with Crippen LogP contribution < -0.4 is 11.1 Å². The van der Waals surface area contributed by atoms with E-state index in [-0.39, 0.29) is 43.0 Å². The van der Waals surface area contributed by atoms with E-state index in [0.717, 1.165) is 17.7 Å². The Kier molecular flexibility index (Phi) is 4.62. The van der Waals surface area contributed by atoms with Gasteiger partial charge < -0.3 is 25.3 Å². The van der Waals surface area contributed by atoms with Gasteiger partial charge in [-0.3, -0.25) is 9.69 Å². The summed E-state index contributed by atoms with van der Waals surface area (Å²) in [6, 6.07) is 0.163.